The van der Waals surface area contributed by atoms with Crippen molar-refractivity contribution in [2.24, 2.45) is 0 Å². The van der Waals surface area contributed by atoms with Gasteiger partial charge in [-0.3, -0.25) is 4.72 Å². The van der Waals surface area contributed by atoms with E-state index in [1.165, 1.54) is 11.3 Å². The first-order valence-corrected chi connectivity index (χ1v) is 10.1. The molecule has 1 aromatic carbocycles. The summed E-state index contributed by atoms with van der Waals surface area (Å²) < 4.78 is 27.9. The van der Waals surface area contributed by atoms with Gasteiger partial charge in [0.05, 0.1) is 4.90 Å². The summed E-state index contributed by atoms with van der Waals surface area (Å²) in [7, 11) is -3.65. The Morgan fingerprint density at radius 1 is 1.09 bits per heavy atom. The SMILES string of the molecule is CCCCCc1nnc(NS(=O)(=O)c2c(C)cc(C)cc2C)s1. The zero-order chi connectivity index (χ0) is 17.0. The molecule has 0 spiro atoms. The second-order valence-corrected chi connectivity index (χ2v) is 8.47. The van der Waals surface area contributed by atoms with Crippen LogP contribution in [0.1, 0.15) is 47.9 Å². The van der Waals surface area contributed by atoms with Gasteiger partial charge >= 0.3 is 0 Å². The van der Waals surface area contributed by atoms with E-state index in [9.17, 15) is 8.42 Å². The summed E-state index contributed by atoms with van der Waals surface area (Å²) in [6.07, 6.45) is 4.18. The Kier molecular flexibility index (Phi) is 5.75. The molecule has 0 atom stereocenters. The second kappa shape index (κ2) is 7.40. The van der Waals surface area contributed by atoms with Crippen LogP contribution in [0.3, 0.4) is 0 Å². The number of hydrogen-bond acceptors (Lipinski definition) is 5. The van der Waals surface area contributed by atoms with Crippen molar-refractivity contribution in [2.45, 2.75) is 58.3 Å². The monoisotopic (exact) mass is 353 g/mol. The Morgan fingerprint density at radius 3 is 2.35 bits per heavy atom. The minimum atomic E-state index is -3.65. The second-order valence-electron chi connectivity index (χ2n) is 5.79. The predicted octanol–water partition coefficient (Wildman–Crippen LogP) is 4.00. The molecule has 7 heteroatoms. The summed E-state index contributed by atoms with van der Waals surface area (Å²) in [5.74, 6) is 0. The largest absolute Gasteiger partial charge is 0.264 e. The predicted molar refractivity (Wildman–Crippen MR) is 94.6 cm³/mol. The lowest BCUT2D eigenvalue weighted by molar-refractivity contribution is 0.600. The molecule has 1 aromatic heterocycles. The number of hydrogen-bond donors (Lipinski definition) is 1. The normalized spacial score (nSPS) is 11.7. The molecule has 0 amide bonds. The average molecular weight is 354 g/mol. The number of sulfonamides is 1. The van der Waals surface area contributed by atoms with E-state index in [4.69, 9.17) is 0 Å². The van der Waals surface area contributed by atoms with Crippen LogP contribution in [0, 0.1) is 20.8 Å². The van der Waals surface area contributed by atoms with Gasteiger partial charge in [-0.2, -0.15) is 0 Å². The van der Waals surface area contributed by atoms with E-state index in [0.717, 1.165) is 47.4 Å². The van der Waals surface area contributed by atoms with Gasteiger partial charge in [0.25, 0.3) is 10.0 Å². The van der Waals surface area contributed by atoms with Gasteiger partial charge in [-0.25, -0.2) is 8.42 Å². The van der Waals surface area contributed by atoms with Crippen molar-refractivity contribution in [3.8, 4) is 0 Å². The molecule has 0 saturated heterocycles. The standard InChI is InChI=1S/C16H23N3O2S2/c1-5-6-7-8-14-17-18-16(22-14)19-23(20,21)15-12(3)9-11(2)10-13(15)4/h9-10H,5-8H2,1-4H3,(H,18,19). The molecular formula is C16H23N3O2S2. The minimum Gasteiger partial charge on any atom is -0.253 e. The van der Waals surface area contributed by atoms with Crippen molar-refractivity contribution in [1.29, 1.82) is 0 Å². The number of benzene rings is 1. The van der Waals surface area contributed by atoms with Gasteiger partial charge in [0.2, 0.25) is 5.13 Å². The molecule has 0 aliphatic rings. The van der Waals surface area contributed by atoms with Crippen molar-refractivity contribution in [3.05, 3.63) is 33.8 Å². The number of nitrogens with zero attached hydrogens (tertiary/aromatic N) is 2. The lowest BCUT2D eigenvalue weighted by Gasteiger charge is -2.12. The highest BCUT2D eigenvalue weighted by Crippen LogP contribution is 2.26. The fourth-order valence-corrected chi connectivity index (χ4v) is 5.15. The lowest BCUT2D eigenvalue weighted by Crippen LogP contribution is -2.15. The van der Waals surface area contributed by atoms with Crippen molar-refractivity contribution in [2.75, 3.05) is 4.72 Å². The minimum absolute atomic E-state index is 0.325. The van der Waals surface area contributed by atoms with Crippen LogP contribution >= 0.6 is 11.3 Å². The van der Waals surface area contributed by atoms with E-state index >= 15 is 0 Å². The molecule has 2 rings (SSSR count). The van der Waals surface area contributed by atoms with Crippen LogP contribution in [0.4, 0.5) is 5.13 Å². The lowest BCUT2D eigenvalue weighted by atomic mass is 10.1. The molecule has 0 aliphatic carbocycles. The van der Waals surface area contributed by atoms with Crippen molar-refractivity contribution < 1.29 is 8.42 Å². The summed E-state index contributed by atoms with van der Waals surface area (Å²) in [4.78, 5) is 0.325. The number of nitrogens with one attached hydrogen (secondary N) is 1. The zero-order valence-corrected chi connectivity index (χ0v) is 15.6. The molecule has 23 heavy (non-hydrogen) atoms. The van der Waals surface area contributed by atoms with Crippen LogP contribution in [0.5, 0.6) is 0 Å². The number of aryl methyl sites for hydroxylation is 4. The highest BCUT2D eigenvalue weighted by Gasteiger charge is 2.21. The van der Waals surface area contributed by atoms with Gasteiger partial charge in [0.1, 0.15) is 5.01 Å². The fourth-order valence-electron chi connectivity index (χ4n) is 2.68. The molecule has 0 radical (unpaired) electrons. The number of unbranched alkanes of at least 4 members (excludes halogenated alkanes) is 2. The van der Waals surface area contributed by atoms with Crippen LogP contribution in [-0.2, 0) is 16.4 Å². The molecule has 5 nitrogen and oxygen atoms in total. The smallest absolute Gasteiger partial charge is 0.253 e. The molecule has 0 fully saturated rings. The third-order valence-electron chi connectivity index (χ3n) is 3.56. The van der Waals surface area contributed by atoms with Crippen molar-refractivity contribution in [1.82, 2.24) is 10.2 Å². The number of aromatic nitrogens is 2. The van der Waals surface area contributed by atoms with E-state index in [2.05, 4.69) is 21.8 Å². The van der Waals surface area contributed by atoms with Gasteiger partial charge < -0.3 is 0 Å². The third kappa shape index (κ3) is 4.51. The Hall–Kier alpha value is -1.47. The zero-order valence-electron chi connectivity index (χ0n) is 14.0. The highest BCUT2D eigenvalue weighted by atomic mass is 32.2. The molecule has 2 aromatic rings. The topological polar surface area (TPSA) is 72.0 Å². The van der Waals surface area contributed by atoms with E-state index in [1.807, 2.05) is 32.9 Å². The van der Waals surface area contributed by atoms with Gasteiger partial charge in [0, 0.05) is 6.42 Å². The Labute approximate surface area is 142 Å². The van der Waals surface area contributed by atoms with Crippen LogP contribution in [0.15, 0.2) is 17.0 Å². The molecule has 1 N–H and O–H groups in total. The Balaban J connectivity index is 2.19. The maximum atomic E-state index is 12.7. The molecule has 0 unspecified atom stereocenters. The summed E-state index contributed by atoms with van der Waals surface area (Å²) in [5.41, 5.74) is 2.53. The maximum Gasteiger partial charge on any atom is 0.264 e. The fraction of sp³-hybridized carbons (Fsp3) is 0.500. The van der Waals surface area contributed by atoms with Crippen LogP contribution < -0.4 is 4.72 Å². The van der Waals surface area contributed by atoms with Gasteiger partial charge in [-0.15, -0.1) is 10.2 Å². The molecule has 0 saturated carbocycles. The summed E-state index contributed by atoms with van der Waals surface area (Å²) >= 11 is 1.31. The van der Waals surface area contributed by atoms with E-state index < -0.39 is 10.0 Å². The Morgan fingerprint density at radius 2 is 1.74 bits per heavy atom. The van der Waals surface area contributed by atoms with E-state index in [0.29, 0.717) is 10.0 Å². The van der Waals surface area contributed by atoms with Gasteiger partial charge in [0.15, 0.2) is 0 Å². The first-order chi connectivity index (χ1) is 10.8. The van der Waals surface area contributed by atoms with Crippen molar-refractivity contribution in [3.63, 3.8) is 0 Å². The molecule has 0 aliphatic heterocycles. The molecule has 1 heterocycles. The van der Waals surface area contributed by atoms with Gasteiger partial charge in [-0.1, -0.05) is 48.8 Å². The van der Waals surface area contributed by atoms with E-state index in [1.54, 1.807) is 0 Å². The number of anilines is 1. The molecule has 0 bridgehead atoms. The first-order valence-electron chi connectivity index (χ1n) is 7.76. The van der Waals surface area contributed by atoms with Crippen LogP contribution in [0.2, 0.25) is 0 Å². The summed E-state index contributed by atoms with van der Waals surface area (Å²) in [5, 5.41) is 9.23. The van der Waals surface area contributed by atoms with E-state index in [-0.39, 0.29) is 0 Å². The molecule has 126 valence electrons. The quantitative estimate of drug-likeness (QED) is 0.764. The van der Waals surface area contributed by atoms with Crippen LogP contribution in [-0.4, -0.2) is 18.6 Å². The summed E-state index contributed by atoms with van der Waals surface area (Å²) in [6, 6.07) is 3.75. The number of rotatable bonds is 7. The molecular weight excluding hydrogens is 330 g/mol. The highest BCUT2D eigenvalue weighted by molar-refractivity contribution is 7.93. The van der Waals surface area contributed by atoms with Crippen molar-refractivity contribution >= 4 is 26.5 Å². The average Bonchev–Trinajstić information content (AvgIpc) is 2.84. The van der Waals surface area contributed by atoms with Gasteiger partial charge in [-0.05, 0) is 38.3 Å². The third-order valence-corrected chi connectivity index (χ3v) is 6.23. The van der Waals surface area contributed by atoms with Crippen LogP contribution in [0.25, 0.3) is 0 Å². The first kappa shape index (κ1) is 17.9. The maximum absolute atomic E-state index is 12.7. The summed E-state index contributed by atoms with van der Waals surface area (Å²) in [6.45, 7) is 7.72. The Bertz CT molecular complexity index is 759.